The fraction of sp³-hybridized carbons (Fsp3) is 0.400. The molecule has 0 unspecified atom stereocenters. The average Bonchev–Trinajstić information content (AvgIpc) is 2.69. The molecule has 146 valence electrons. The van der Waals surface area contributed by atoms with Crippen LogP contribution in [0.3, 0.4) is 0 Å². The summed E-state index contributed by atoms with van der Waals surface area (Å²) in [5.74, 6) is 0.793. The Balaban J connectivity index is 1.52. The molecule has 0 bridgehead atoms. The molecule has 1 aliphatic rings. The molecule has 0 saturated carbocycles. The van der Waals surface area contributed by atoms with Gasteiger partial charge in [0.1, 0.15) is 0 Å². The summed E-state index contributed by atoms with van der Waals surface area (Å²) >= 11 is 0. The Bertz CT molecular complexity index is 1040. The third-order valence-electron chi connectivity index (χ3n) is 5.05. The second-order valence-electron chi connectivity index (χ2n) is 7.09. The SMILES string of the molecule is Cc1cc(C)nc(N2CCN(c3ccc4c(=O)n(CCO)cnc4c3)CC2)n1. The molecule has 0 aliphatic carbocycles. The number of hydrogen-bond donors (Lipinski definition) is 1. The molecule has 0 spiro atoms. The molecule has 1 N–H and O–H groups in total. The summed E-state index contributed by atoms with van der Waals surface area (Å²) in [6.45, 7) is 7.54. The van der Waals surface area contributed by atoms with E-state index in [9.17, 15) is 4.79 Å². The van der Waals surface area contributed by atoms with Crippen LogP contribution in [0.2, 0.25) is 0 Å². The van der Waals surface area contributed by atoms with Gasteiger partial charge in [-0.15, -0.1) is 0 Å². The van der Waals surface area contributed by atoms with E-state index in [-0.39, 0.29) is 18.7 Å². The Morgan fingerprint density at radius 2 is 1.68 bits per heavy atom. The fourth-order valence-corrected chi connectivity index (χ4v) is 3.62. The van der Waals surface area contributed by atoms with E-state index in [4.69, 9.17) is 5.11 Å². The van der Waals surface area contributed by atoms with E-state index in [1.807, 2.05) is 38.1 Å². The topological polar surface area (TPSA) is 87.4 Å². The number of aromatic nitrogens is 4. The third kappa shape index (κ3) is 3.55. The van der Waals surface area contributed by atoms with E-state index in [0.29, 0.717) is 10.9 Å². The average molecular weight is 380 g/mol. The predicted octanol–water partition coefficient (Wildman–Crippen LogP) is 1.12. The monoisotopic (exact) mass is 380 g/mol. The van der Waals surface area contributed by atoms with Gasteiger partial charge in [-0.25, -0.2) is 15.0 Å². The normalized spacial score (nSPS) is 14.7. The quantitative estimate of drug-likeness (QED) is 0.726. The van der Waals surface area contributed by atoms with Crippen molar-refractivity contribution in [3.63, 3.8) is 0 Å². The van der Waals surface area contributed by atoms with Crippen molar-refractivity contribution in [1.29, 1.82) is 0 Å². The lowest BCUT2D eigenvalue weighted by atomic mass is 10.2. The minimum absolute atomic E-state index is 0.0837. The number of nitrogens with zero attached hydrogens (tertiary/aromatic N) is 6. The van der Waals surface area contributed by atoms with Gasteiger partial charge in [0, 0.05) is 43.3 Å². The van der Waals surface area contributed by atoms with Crippen molar-refractivity contribution >= 4 is 22.5 Å². The van der Waals surface area contributed by atoms with Crippen LogP contribution in [0.1, 0.15) is 11.4 Å². The van der Waals surface area contributed by atoms with Crippen LogP contribution in [0.5, 0.6) is 0 Å². The highest BCUT2D eigenvalue weighted by molar-refractivity contribution is 5.81. The largest absolute Gasteiger partial charge is 0.395 e. The smallest absolute Gasteiger partial charge is 0.261 e. The van der Waals surface area contributed by atoms with Gasteiger partial charge in [-0.3, -0.25) is 9.36 Å². The molecule has 1 aliphatic heterocycles. The Morgan fingerprint density at radius 3 is 2.36 bits per heavy atom. The standard InChI is InChI=1S/C20H24N6O2/c1-14-11-15(2)23-20(22-14)25-7-5-24(6-8-25)16-3-4-17-18(12-16)21-13-26(9-10-27)19(17)28/h3-4,11-13,27H,5-10H2,1-2H3. The number of piperazine rings is 1. The first-order valence-electron chi connectivity index (χ1n) is 9.47. The zero-order valence-corrected chi connectivity index (χ0v) is 16.2. The molecule has 0 radical (unpaired) electrons. The molecule has 0 amide bonds. The van der Waals surface area contributed by atoms with Crippen LogP contribution in [0.15, 0.2) is 35.4 Å². The molecule has 1 aromatic carbocycles. The molecule has 3 aromatic rings. The Hall–Kier alpha value is -3.00. The summed E-state index contributed by atoms with van der Waals surface area (Å²) in [5, 5.41) is 9.63. The van der Waals surface area contributed by atoms with Crippen LogP contribution in [-0.2, 0) is 6.54 Å². The molecule has 28 heavy (non-hydrogen) atoms. The lowest BCUT2D eigenvalue weighted by Crippen LogP contribution is -2.47. The number of aliphatic hydroxyl groups excluding tert-OH is 1. The molecular formula is C20H24N6O2. The van der Waals surface area contributed by atoms with E-state index in [0.717, 1.165) is 49.2 Å². The summed E-state index contributed by atoms with van der Waals surface area (Å²) in [4.78, 5) is 30.5. The molecular weight excluding hydrogens is 356 g/mol. The van der Waals surface area contributed by atoms with Gasteiger partial charge in [0.15, 0.2) is 0 Å². The van der Waals surface area contributed by atoms with Crippen molar-refractivity contribution in [3.8, 4) is 0 Å². The highest BCUT2D eigenvalue weighted by Crippen LogP contribution is 2.22. The number of aryl methyl sites for hydroxylation is 2. The number of rotatable bonds is 4. The zero-order valence-electron chi connectivity index (χ0n) is 16.2. The highest BCUT2D eigenvalue weighted by atomic mass is 16.3. The first-order chi connectivity index (χ1) is 13.5. The summed E-state index contributed by atoms with van der Waals surface area (Å²) in [5.41, 5.74) is 3.58. The van der Waals surface area contributed by atoms with E-state index >= 15 is 0 Å². The minimum atomic E-state index is -0.123. The summed E-state index contributed by atoms with van der Waals surface area (Å²) in [7, 11) is 0. The van der Waals surface area contributed by atoms with E-state index in [2.05, 4.69) is 24.8 Å². The van der Waals surface area contributed by atoms with Gasteiger partial charge in [-0.1, -0.05) is 0 Å². The fourth-order valence-electron chi connectivity index (χ4n) is 3.62. The maximum atomic E-state index is 12.4. The van der Waals surface area contributed by atoms with Gasteiger partial charge in [-0.2, -0.15) is 0 Å². The molecule has 8 heteroatoms. The van der Waals surface area contributed by atoms with Gasteiger partial charge >= 0.3 is 0 Å². The Morgan fingerprint density at radius 1 is 1.00 bits per heavy atom. The van der Waals surface area contributed by atoms with E-state index < -0.39 is 0 Å². The van der Waals surface area contributed by atoms with Crippen molar-refractivity contribution in [2.45, 2.75) is 20.4 Å². The van der Waals surface area contributed by atoms with Gasteiger partial charge in [0.25, 0.3) is 5.56 Å². The minimum Gasteiger partial charge on any atom is -0.395 e. The first kappa shape index (κ1) is 18.4. The van der Waals surface area contributed by atoms with Crippen LogP contribution in [0.25, 0.3) is 10.9 Å². The van der Waals surface area contributed by atoms with Crippen LogP contribution in [-0.4, -0.2) is 57.4 Å². The maximum Gasteiger partial charge on any atom is 0.261 e. The van der Waals surface area contributed by atoms with Crippen LogP contribution in [0.4, 0.5) is 11.6 Å². The summed E-state index contributed by atoms with van der Waals surface area (Å²) in [6, 6.07) is 7.74. The molecule has 1 saturated heterocycles. The second-order valence-corrected chi connectivity index (χ2v) is 7.09. The van der Waals surface area contributed by atoms with Crippen molar-refractivity contribution < 1.29 is 5.11 Å². The van der Waals surface area contributed by atoms with E-state index in [1.165, 1.54) is 10.9 Å². The van der Waals surface area contributed by atoms with Crippen LogP contribution >= 0.6 is 0 Å². The zero-order chi connectivity index (χ0) is 19.7. The Kier molecular flexibility index (Phi) is 4.95. The molecule has 0 atom stereocenters. The first-order valence-corrected chi connectivity index (χ1v) is 9.47. The lowest BCUT2D eigenvalue weighted by molar-refractivity contribution is 0.274. The summed E-state index contributed by atoms with van der Waals surface area (Å²) in [6.07, 6.45) is 1.50. The van der Waals surface area contributed by atoms with Gasteiger partial charge in [-0.05, 0) is 38.1 Å². The molecule has 8 nitrogen and oxygen atoms in total. The van der Waals surface area contributed by atoms with Crippen molar-refractivity contribution in [2.75, 3.05) is 42.6 Å². The second kappa shape index (κ2) is 7.55. The maximum absolute atomic E-state index is 12.4. The van der Waals surface area contributed by atoms with Crippen molar-refractivity contribution in [3.05, 3.63) is 52.3 Å². The van der Waals surface area contributed by atoms with Gasteiger partial charge in [0.05, 0.1) is 30.4 Å². The van der Waals surface area contributed by atoms with Gasteiger partial charge < -0.3 is 14.9 Å². The molecule has 1 fully saturated rings. The number of benzene rings is 1. The Labute approximate surface area is 163 Å². The van der Waals surface area contributed by atoms with E-state index in [1.54, 1.807) is 0 Å². The van der Waals surface area contributed by atoms with Crippen LogP contribution in [0, 0.1) is 13.8 Å². The van der Waals surface area contributed by atoms with Crippen LogP contribution < -0.4 is 15.4 Å². The third-order valence-corrected chi connectivity index (χ3v) is 5.05. The lowest BCUT2D eigenvalue weighted by Gasteiger charge is -2.36. The number of hydrogen-bond acceptors (Lipinski definition) is 7. The molecule has 3 heterocycles. The number of aliphatic hydroxyl groups is 1. The van der Waals surface area contributed by atoms with Crippen molar-refractivity contribution in [2.24, 2.45) is 0 Å². The highest BCUT2D eigenvalue weighted by Gasteiger charge is 2.20. The summed E-state index contributed by atoms with van der Waals surface area (Å²) < 4.78 is 1.44. The molecule has 2 aromatic heterocycles. The molecule has 4 rings (SSSR count). The number of anilines is 2. The van der Waals surface area contributed by atoms with Crippen molar-refractivity contribution in [1.82, 2.24) is 19.5 Å². The van der Waals surface area contributed by atoms with Gasteiger partial charge in [0.2, 0.25) is 5.95 Å². The predicted molar refractivity (Wildman–Crippen MR) is 109 cm³/mol. The number of fused-ring (bicyclic) bond motifs is 1.